The van der Waals surface area contributed by atoms with E-state index in [0.717, 1.165) is 55.7 Å². The molecule has 0 bridgehead atoms. The van der Waals surface area contributed by atoms with Gasteiger partial charge in [-0.2, -0.15) is 4.98 Å². The molecular formula is C37H65N5. The summed E-state index contributed by atoms with van der Waals surface area (Å²) in [6.45, 7) is 13.3. The normalized spacial score (nSPS) is 11.6. The molecule has 238 valence electrons. The molecule has 0 atom stereocenters. The number of anilines is 2. The Bertz CT molecular complexity index is 982. The number of nitrogen functional groups attached to an aromatic ring is 1. The van der Waals surface area contributed by atoms with Gasteiger partial charge in [0, 0.05) is 30.3 Å². The topological polar surface area (TPSA) is 67.1 Å². The van der Waals surface area contributed by atoms with Gasteiger partial charge in [0.15, 0.2) is 0 Å². The van der Waals surface area contributed by atoms with Gasteiger partial charge < -0.3 is 16.0 Å². The van der Waals surface area contributed by atoms with E-state index in [1.807, 2.05) is 0 Å². The second-order valence-electron chi connectivity index (χ2n) is 12.8. The van der Waals surface area contributed by atoms with E-state index in [-0.39, 0.29) is 0 Å². The molecule has 1 aromatic heterocycles. The van der Waals surface area contributed by atoms with Gasteiger partial charge in [-0.15, -0.1) is 0 Å². The van der Waals surface area contributed by atoms with Crippen LogP contribution in [-0.4, -0.2) is 34.5 Å². The summed E-state index contributed by atoms with van der Waals surface area (Å²) in [6.07, 6.45) is 23.7. The zero-order chi connectivity index (χ0) is 30.6. The van der Waals surface area contributed by atoms with Gasteiger partial charge in [0.05, 0.1) is 0 Å². The average Bonchev–Trinajstić information content (AvgIpc) is 2.94. The van der Waals surface area contributed by atoms with Crippen LogP contribution < -0.4 is 11.1 Å². The van der Waals surface area contributed by atoms with Crippen molar-refractivity contribution < 1.29 is 0 Å². The first-order valence-corrected chi connectivity index (χ1v) is 17.5. The highest BCUT2D eigenvalue weighted by atomic mass is 15.1. The lowest BCUT2D eigenvalue weighted by Gasteiger charge is -2.22. The van der Waals surface area contributed by atoms with Crippen molar-refractivity contribution in [3.05, 3.63) is 46.1 Å². The second kappa shape index (κ2) is 21.5. The summed E-state index contributed by atoms with van der Waals surface area (Å²) in [7, 11) is 2.26. The van der Waals surface area contributed by atoms with Crippen LogP contribution in [0.4, 0.5) is 11.8 Å². The number of nitrogens with two attached hydrogens (primary N) is 1. The molecule has 1 aromatic carbocycles. The standard InChI is InChI=1S/C37H65N5/c1-7-10-11-12-13-14-15-16-17-18-19-20-21-26-42(6)29-32-24-25-33(30(4)27-32)28-35-31(5)39-37(38)41-36(35)40-34(22-8-2)23-9-3/h24-25,27,34H,7-23,26,28-29H2,1-6H3,(H3,38,39,40,41). The zero-order valence-electron chi connectivity index (χ0n) is 28.4. The maximum Gasteiger partial charge on any atom is 0.222 e. The SMILES string of the molecule is CCCCCCCCCCCCCCCN(C)Cc1ccc(Cc2c(C)nc(N)nc2NC(CCC)CCC)c(C)c1. The summed E-state index contributed by atoms with van der Waals surface area (Å²) in [6, 6.07) is 7.40. The Balaban J connectivity index is 1.77. The maximum atomic E-state index is 6.07. The third-order valence-corrected chi connectivity index (χ3v) is 8.72. The number of rotatable bonds is 24. The fourth-order valence-electron chi connectivity index (χ4n) is 6.16. The first kappa shape index (κ1) is 36.1. The van der Waals surface area contributed by atoms with Crippen molar-refractivity contribution in [1.82, 2.24) is 14.9 Å². The Morgan fingerprint density at radius 3 is 1.88 bits per heavy atom. The van der Waals surface area contributed by atoms with Crippen molar-refractivity contribution in [2.24, 2.45) is 0 Å². The quantitative estimate of drug-likeness (QED) is 0.121. The molecule has 0 radical (unpaired) electrons. The van der Waals surface area contributed by atoms with E-state index in [1.165, 1.54) is 107 Å². The van der Waals surface area contributed by atoms with E-state index < -0.39 is 0 Å². The minimum absolute atomic E-state index is 0.351. The highest BCUT2D eigenvalue weighted by molar-refractivity contribution is 5.53. The van der Waals surface area contributed by atoms with Crippen LogP contribution in [0.2, 0.25) is 0 Å². The van der Waals surface area contributed by atoms with E-state index in [2.05, 4.69) is 80.1 Å². The Labute approximate surface area is 259 Å². The molecule has 3 N–H and O–H groups in total. The summed E-state index contributed by atoms with van der Waals surface area (Å²) in [5, 5.41) is 3.72. The van der Waals surface area contributed by atoms with Gasteiger partial charge >= 0.3 is 0 Å². The van der Waals surface area contributed by atoms with Crippen molar-refractivity contribution in [3.8, 4) is 0 Å². The van der Waals surface area contributed by atoms with Gasteiger partial charge in [-0.1, -0.05) is 129 Å². The fourth-order valence-corrected chi connectivity index (χ4v) is 6.16. The third-order valence-electron chi connectivity index (χ3n) is 8.72. The van der Waals surface area contributed by atoms with Crippen molar-refractivity contribution in [2.45, 2.75) is 163 Å². The number of benzene rings is 1. The van der Waals surface area contributed by atoms with E-state index in [9.17, 15) is 0 Å². The van der Waals surface area contributed by atoms with Crippen molar-refractivity contribution in [3.63, 3.8) is 0 Å². The molecule has 42 heavy (non-hydrogen) atoms. The minimum atomic E-state index is 0.351. The predicted octanol–water partition coefficient (Wildman–Crippen LogP) is 10.2. The molecule has 0 aliphatic heterocycles. The smallest absolute Gasteiger partial charge is 0.222 e. The summed E-state index contributed by atoms with van der Waals surface area (Å²) < 4.78 is 0. The molecule has 0 saturated carbocycles. The van der Waals surface area contributed by atoms with Gasteiger partial charge in [-0.3, -0.25) is 0 Å². The zero-order valence-corrected chi connectivity index (χ0v) is 28.4. The summed E-state index contributed by atoms with van der Waals surface area (Å²) in [5.41, 5.74) is 12.3. The molecule has 2 rings (SSSR count). The number of unbranched alkanes of at least 4 members (excludes halogenated alkanes) is 12. The fraction of sp³-hybridized carbons (Fsp3) is 0.730. The molecule has 1 heterocycles. The third kappa shape index (κ3) is 14.4. The van der Waals surface area contributed by atoms with E-state index in [1.54, 1.807) is 0 Å². The summed E-state index contributed by atoms with van der Waals surface area (Å²) >= 11 is 0. The van der Waals surface area contributed by atoms with Crippen LogP contribution in [0.3, 0.4) is 0 Å². The van der Waals surface area contributed by atoms with Crippen LogP contribution in [-0.2, 0) is 13.0 Å². The van der Waals surface area contributed by atoms with Crippen LogP contribution in [0.15, 0.2) is 18.2 Å². The molecule has 0 unspecified atom stereocenters. The molecule has 0 fully saturated rings. The van der Waals surface area contributed by atoms with Gasteiger partial charge in [0.25, 0.3) is 0 Å². The maximum absolute atomic E-state index is 6.07. The lowest BCUT2D eigenvalue weighted by Crippen LogP contribution is -2.22. The summed E-state index contributed by atoms with van der Waals surface area (Å²) in [5.74, 6) is 1.26. The van der Waals surface area contributed by atoms with Gasteiger partial charge in [0.2, 0.25) is 5.95 Å². The molecule has 0 aliphatic rings. The lowest BCUT2D eigenvalue weighted by molar-refractivity contribution is 0.316. The van der Waals surface area contributed by atoms with Crippen LogP contribution in [0, 0.1) is 13.8 Å². The molecule has 2 aromatic rings. The highest BCUT2D eigenvalue weighted by Gasteiger charge is 2.16. The van der Waals surface area contributed by atoms with Crippen LogP contribution in [0.5, 0.6) is 0 Å². The number of aryl methyl sites for hydroxylation is 2. The van der Waals surface area contributed by atoms with Gasteiger partial charge in [0.1, 0.15) is 5.82 Å². The molecule has 5 nitrogen and oxygen atoms in total. The average molecular weight is 580 g/mol. The van der Waals surface area contributed by atoms with Crippen molar-refractivity contribution in [1.29, 1.82) is 0 Å². The van der Waals surface area contributed by atoms with Crippen molar-refractivity contribution >= 4 is 11.8 Å². The number of nitrogens with zero attached hydrogens (tertiary/aromatic N) is 3. The predicted molar refractivity (Wildman–Crippen MR) is 184 cm³/mol. The molecule has 0 aliphatic carbocycles. The minimum Gasteiger partial charge on any atom is -0.368 e. The van der Waals surface area contributed by atoms with Gasteiger partial charge in [-0.25, -0.2) is 4.98 Å². The number of hydrogen-bond acceptors (Lipinski definition) is 5. The Morgan fingerprint density at radius 2 is 1.33 bits per heavy atom. The van der Waals surface area contributed by atoms with Crippen LogP contribution >= 0.6 is 0 Å². The molecule has 0 amide bonds. The monoisotopic (exact) mass is 580 g/mol. The number of nitrogens with one attached hydrogen (secondary N) is 1. The first-order valence-electron chi connectivity index (χ1n) is 17.5. The molecule has 0 saturated heterocycles. The van der Waals surface area contributed by atoms with Crippen LogP contribution in [0.1, 0.15) is 158 Å². The van der Waals surface area contributed by atoms with Gasteiger partial charge in [-0.05, 0) is 63.4 Å². The number of aromatic nitrogens is 2. The van der Waals surface area contributed by atoms with Crippen molar-refractivity contribution in [2.75, 3.05) is 24.6 Å². The number of hydrogen-bond donors (Lipinski definition) is 2. The largest absolute Gasteiger partial charge is 0.368 e. The highest BCUT2D eigenvalue weighted by Crippen LogP contribution is 2.25. The first-order chi connectivity index (χ1) is 20.4. The lowest BCUT2D eigenvalue weighted by atomic mass is 9.97. The van der Waals surface area contributed by atoms with E-state index in [4.69, 9.17) is 5.73 Å². The molecule has 0 spiro atoms. The Hall–Kier alpha value is -2.14. The Morgan fingerprint density at radius 1 is 0.762 bits per heavy atom. The summed E-state index contributed by atoms with van der Waals surface area (Å²) in [4.78, 5) is 11.6. The van der Waals surface area contributed by atoms with E-state index >= 15 is 0 Å². The Kier molecular flexibility index (Phi) is 18.5. The second-order valence-corrected chi connectivity index (χ2v) is 12.8. The van der Waals surface area contributed by atoms with Crippen LogP contribution in [0.25, 0.3) is 0 Å². The molecular weight excluding hydrogens is 514 g/mol. The van der Waals surface area contributed by atoms with E-state index in [0.29, 0.717) is 12.0 Å². The molecule has 5 heteroatoms.